The van der Waals surface area contributed by atoms with E-state index < -0.39 is 17.8 Å². The SMILES string of the molecule is CCOC(=O)c1c(NC(=O)COc2ccc(Cl)cc2C)sc(C(=O)OC)c1C. The zero-order valence-electron chi connectivity index (χ0n) is 15.9. The third-order valence-electron chi connectivity index (χ3n) is 3.75. The summed E-state index contributed by atoms with van der Waals surface area (Å²) in [5, 5.41) is 3.38. The summed E-state index contributed by atoms with van der Waals surface area (Å²) in [6.45, 7) is 4.95. The van der Waals surface area contributed by atoms with Gasteiger partial charge in [-0.3, -0.25) is 4.79 Å². The molecule has 0 unspecified atom stereocenters. The van der Waals surface area contributed by atoms with E-state index in [2.05, 4.69) is 5.32 Å². The minimum Gasteiger partial charge on any atom is -0.483 e. The average molecular weight is 426 g/mol. The predicted molar refractivity (Wildman–Crippen MR) is 107 cm³/mol. The van der Waals surface area contributed by atoms with E-state index in [9.17, 15) is 14.4 Å². The number of halogens is 1. The van der Waals surface area contributed by atoms with Crippen molar-refractivity contribution in [2.24, 2.45) is 0 Å². The molecule has 0 fully saturated rings. The molecule has 1 N–H and O–H groups in total. The van der Waals surface area contributed by atoms with Gasteiger partial charge in [0, 0.05) is 5.02 Å². The third kappa shape index (κ3) is 5.02. The van der Waals surface area contributed by atoms with Crippen molar-refractivity contribution in [2.45, 2.75) is 20.8 Å². The largest absolute Gasteiger partial charge is 0.483 e. The van der Waals surface area contributed by atoms with Crippen molar-refractivity contribution in [3.63, 3.8) is 0 Å². The molecule has 0 saturated carbocycles. The Labute approximate surface area is 171 Å². The van der Waals surface area contributed by atoms with E-state index in [-0.39, 0.29) is 28.7 Å². The Kier molecular flexibility index (Phi) is 7.42. The molecule has 0 saturated heterocycles. The zero-order valence-corrected chi connectivity index (χ0v) is 17.5. The van der Waals surface area contributed by atoms with Crippen molar-refractivity contribution in [2.75, 3.05) is 25.6 Å². The van der Waals surface area contributed by atoms with Crippen molar-refractivity contribution in [3.05, 3.63) is 44.8 Å². The summed E-state index contributed by atoms with van der Waals surface area (Å²) in [5.41, 5.74) is 1.30. The molecule has 2 rings (SSSR count). The first-order valence-electron chi connectivity index (χ1n) is 8.36. The fourth-order valence-electron chi connectivity index (χ4n) is 2.42. The highest BCUT2D eigenvalue weighted by atomic mass is 35.5. The number of hydrogen-bond acceptors (Lipinski definition) is 7. The standard InChI is InChI=1S/C19H20ClNO6S/c1-5-26-18(23)15-11(3)16(19(24)25-4)28-17(15)21-14(22)9-27-13-7-6-12(20)8-10(13)2/h6-8H,5,9H2,1-4H3,(H,21,22). The lowest BCUT2D eigenvalue weighted by molar-refractivity contribution is -0.118. The molecule has 0 atom stereocenters. The number of carbonyl (C=O) groups is 3. The van der Waals surface area contributed by atoms with Crippen LogP contribution < -0.4 is 10.1 Å². The minimum atomic E-state index is -0.629. The van der Waals surface area contributed by atoms with Crippen molar-refractivity contribution in [1.29, 1.82) is 0 Å². The number of hydrogen-bond donors (Lipinski definition) is 1. The van der Waals surface area contributed by atoms with Crippen LogP contribution >= 0.6 is 22.9 Å². The van der Waals surface area contributed by atoms with Gasteiger partial charge in [0.2, 0.25) is 0 Å². The summed E-state index contributed by atoms with van der Waals surface area (Å²) >= 11 is 6.85. The fraction of sp³-hybridized carbons (Fsp3) is 0.316. The quantitative estimate of drug-likeness (QED) is 0.674. The minimum absolute atomic E-state index is 0.128. The van der Waals surface area contributed by atoms with Crippen LogP contribution in [0.1, 0.15) is 38.1 Å². The van der Waals surface area contributed by atoms with Gasteiger partial charge in [-0.2, -0.15) is 0 Å². The van der Waals surface area contributed by atoms with Gasteiger partial charge in [-0.15, -0.1) is 11.3 Å². The zero-order chi connectivity index (χ0) is 20.8. The van der Waals surface area contributed by atoms with Crippen molar-refractivity contribution >= 4 is 45.8 Å². The summed E-state index contributed by atoms with van der Waals surface area (Å²) in [5.74, 6) is -1.20. The van der Waals surface area contributed by atoms with Gasteiger partial charge in [0.1, 0.15) is 15.6 Å². The molecule has 0 aliphatic rings. The van der Waals surface area contributed by atoms with E-state index in [1.807, 2.05) is 6.92 Å². The Morgan fingerprint density at radius 3 is 2.50 bits per heavy atom. The van der Waals surface area contributed by atoms with E-state index in [1.165, 1.54) is 7.11 Å². The molecular formula is C19H20ClNO6S. The second-order valence-corrected chi connectivity index (χ2v) is 7.18. The van der Waals surface area contributed by atoms with Crippen LogP contribution in [-0.4, -0.2) is 38.2 Å². The topological polar surface area (TPSA) is 90.9 Å². The van der Waals surface area contributed by atoms with Crippen molar-refractivity contribution in [1.82, 2.24) is 0 Å². The molecule has 0 bridgehead atoms. The van der Waals surface area contributed by atoms with E-state index in [4.69, 9.17) is 25.8 Å². The number of carbonyl (C=O) groups excluding carboxylic acids is 3. The predicted octanol–water partition coefficient (Wildman–Crippen LogP) is 4.00. The summed E-state index contributed by atoms with van der Waals surface area (Å²) in [6.07, 6.45) is 0. The Balaban J connectivity index is 2.20. The van der Waals surface area contributed by atoms with E-state index in [0.29, 0.717) is 16.3 Å². The number of benzene rings is 1. The fourth-order valence-corrected chi connectivity index (χ4v) is 3.77. The number of anilines is 1. The maximum Gasteiger partial charge on any atom is 0.348 e. The summed E-state index contributed by atoms with van der Waals surface area (Å²) in [7, 11) is 1.24. The summed E-state index contributed by atoms with van der Waals surface area (Å²) in [4.78, 5) is 36.8. The maximum atomic E-state index is 12.3. The van der Waals surface area contributed by atoms with Gasteiger partial charge < -0.3 is 19.5 Å². The average Bonchev–Trinajstić information content (AvgIpc) is 2.96. The van der Waals surface area contributed by atoms with Crippen LogP contribution in [0.2, 0.25) is 5.02 Å². The molecule has 0 spiro atoms. The van der Waals surface area contributed by atoms with Crippen molar-refractivity contribution < 1.29 is 28.6 Å². The lowest BCUT2D eigenvalue weighted by Crippen LogP contribution is -2.21. The van der Waals surface area contributed by atoms with Gasteiger partial charge in [0.25, 0.3) is 5.91 Å². The molecule has 7 nitrogen and oxygen atoms in total. The second kappa shape index (κ2) is 9.57. The number of nitrogens with one attached hydrogen (secondary N) is 1. The van der Waals surface area contributed by atoms with Crippen LogP contribution in [0, 0.1) is 13.8 Å². The molecule has 1 heterocycles. The Bertz CT molecular complexity index is 908. The number of methoxy groups -OCH3 is 1. The first-order valence-corrected chi connectivity index (χ1v) is 9.55. The van der Waals surface area contributed by atoms with Gasteiger partial charge in [-0.05, 0) is 50.1 Å². The summed E-state index contributed by atoms with van der Waals surface area (Å²) < 4.78 is 15.3. The lowest BCUT2D eigenvalue weighted by atomic mass is 10.1. The van der Waals surface area contributed by atoms with Crippen LogP contribution in [0.4, 0.5) is 5.00 Å². The number of amides is 1. The molecule has 0 aliphatic carbocycles. The van der Waals surface area contributed by atoms with Crippen molar-refractivity contribution in [3.8, 4) is 5.75 Å². The van der Waals surface area contributed by atoms with E-state index in [1.54, 1.807) is 32.0 Å². The maximum absolute atomic E-state index is 12.3. The monoisotopic (exact) mass is 425 g/mol. The Morgan fingerprint density at radius 2 is 1.89 bits per heavy atom. The summed E-state index contributed by atoms with van der Waals surface area (Å²) in [6, 6.07) is 5.05. The number of rotatable bonds is 7. The highest BCUT2D eigenvalue weighted by Crippen LogP contribution is 2.34. The molecule has 9 heteroatoms. The number of ether oxygens (including phenoxy) is 3. The molecule has 0 aliphatic heterocycles. The number of aryl methyl sites for hydroxylation is 1. The molecule has 2 aromatic rings. The first kappa shape index (κ1) is 21.7. The van der Waals surface area contributed by atoms with Crippen LogP contribution in [-0.2, 0) is 14.3 Å². The van der Waals surface area contributed by atoms with Crippen LogP contribution in [0.15, 0.2) is 18.2 Å². The van der Waals surface area contributed by atoms with E-state index in [0.717, 1.165) is 16.9 Å². The van der Waals surface area contributed by atoms with Crippen LogP contribution in [0.25, 0.3) is 0 Å². The van der Waals surface area contributed by atoms with Gasteiger partial charge in [0.15, 0.2) is 6.61 Å². The molecular weight excluding hydrogens is 406 g/mol. The molecule has 28 heavy (non-hydrogen) atoms. The molecule has 1 aromatic carbocycles. The van der Waals surface area contributed by atoms with E-state index >= 15 is 0 Å². The van der Waals surface area contributed by atoms with Gasteiger partial charge >= 0.3 is 11.9 Å². The Morgan fingerprint density at radius 1 is 1.18 bits per heavy atom. The normalized spacial score (nSPS) is 10.3. The second-order valence-electron chi connectivity index (χ2n) is 5.72. The molecule has 150 valence electrons. The van der Waals surface area contributed by atoms with Gasteiger partial charge in [-0.25, -0.2) is 9.59 Å². The highest BCUT2D eigenvalue weighted by molar-refractivity contribution is 7.18. The highest BCUT2D eigenvalue weighted by Gasteiger charge is 2.27. The number of thiophene rings is 1. The van der Waals surface area contributed by atoms with Gasteiger partial charge in [-0.1, -0.05) is 11.6 Å². The van der Waals surface area contributed by atoms with Crippen LogP contribution in [0.5, 0.6) is 5.75 Å². The van der Waals surface area contributed by atoms with Crippen LogP contribution in [0.3, 0.4) is 0 Å². The Hall–Kier alpha value is -2.58. The third-order valence-corrected chi connectivity index (χ3v) is 5.17. The smallest absolute Gasteiger partial charge is 0.348 e. The molecule has 0 radical (unpaired) electrons. The number of esters is 2. The van der Waals surface area contributed by atoms with Gasteiger partial charge in [0.05, 0.1) is 19.3 Å². The first-order chi connectivity index (χ1) is 13.3. The molecule has 1 amide bonds. The lowest BCUT2D eigenvalue weighted by Gasteiger charge is -2.10. The molecule has 1 aromatic heterocycles.